The number of rotatable bonds is 11. The fraction of sp³-hybridized carbons (Fsp3) is 0.133. The van der Waals surface area contributed by atoms with Crippen LogP contribution in [0.4, 0.5) is 0 Å². The topological polar surface area (TPSA) is 157 Å². The third-order valence-electron chi connectivity index (χ3n) is 15.9. The van der Waals surface area contributed by atoms with E-state index >= 15 is 0 Å². The quantitative estimate of drug-likeness (QED) is 0.121. The van der Waals surface area contributed by atoms with Gasteiger partial charge in [-0.25, -0.2) is 24.9 Å². The molecule has 106 heavy (non-hydrogen) atoms. The molecular weight excluding hydrogens is 1370 g/mol. The molecule has 16 rings (SSSR count). The zero-order chi connectivity index (χ0) is 74.8. The van der Waals surface area contributed by atoms with Crippen LogP contribution in [0.5, 0.6) is 17.2 Å². The zero-order valence-corrected chi connectivity index (χ0v) is 64.2. The average Bonchev–Trinajstić information content (AvgIpc) is 1.23. The van der Waals surface area contributed by atoms with Crippen LogP contribution >= 0.6 is 34.0 Å². The van der Waals surface area contributed by atoms with E-state index in [0.29, 0.717) is 11.8 Å². The minimum absolute atomic E-state index is 0.588. The Labute approximate surface area is 634 Å². The van der Waals surface area contributed by atoms with E-state index in [0.717, 1.165) is 65.7 Å². The number of thiazole rings is 3. The van der Waals surface area contributed by atoms with Gasteiger partial charge in [0.1, 0.15) is 44.8 Å². The molecule has 0 spiro atoms. The molecule has 16 heteroatoms. The third kappa shape index (κ3) is 24.3. The van der Waals surface area contributed by atoms with E-state index in [-0.39, 0.29) is 0 Å². The summed E-state index contributed by atoms with van der Waals surface area (Å²) in [7, 11) is 5.00. The van der Waals surface area contributed by atoms with Crippen LogP contribution in [0.2, 0.25) is 0 Å². The molecule has 0 saturated heterocycles. The van der Waals surface area contributed by atoms with Crippen molar-refractivity contribution in [3.8, 4) is 105 Å². The van der Waals surface area contributed by atoms with Crippen molar-refractivity contribution in [3.63, 3.8) is 0 Å². The number of hydrogen-bond acceptors (Lipinski definition) is 16. The summed E-state index contributed by atoms with van der Waals surface area (Å²) in [6.45, 7) is 18.7. The van der Waals surface area contributed by atoms with E-state index < -0.39 is 0 Å². The van der Waals surface area contributed by atoms with E-state index in [1.165, 1.54) is 77.9 Å². The van der Waals surface area contributed by atoms with Gasteiger partial charge >= 0.3 is 0 Å². The first kappa shape index (κ1) is 78.1. The van der Waals surface area contributed by atoms with Crippen LogP contribution in [0.15, 0.2) is 312 Å². The summed E-state index contributed by atoms with van der Waals surface area (Å²) in [5, 5.41) is 9.19. The molecule has 0 aliphatic heterocycles. The average molecular weight is 1460 g/mol. The van der Waals surface area contributed by atoms with Gasteiger partial charge in [-0.05, 0) is 175 Å². The summed E-state index contributed by atoms with van der Waals surface area (Å²) in [4.78, 5) is 33.2. The normalized spacial score (nSPS) is 10.1. The number of aryl methyl sites for hydroxylation is 9. The number of nitrogens with zero attached hydrogens (tertiary/aromatic N) is 8. The maximum Gasteiger partial charge on any atom is 0.229 e. The lowest BCUT2D eigenvalue weighted by Gasteiger charge is -2.08. The van der Waals surface area contributed by atoms with Crippen molar-refractivity contribution in [1.29, 1.82) is 0 Å². The highest BCUT2D eigenvalue weighted by Crippen LogP contribution is 2.34. The monoisotopic (exact) mass is 1450 g/mol. The summed E-state index contributed by atoms with van der Waals surface area (Å²) < 4.78 is 26.2. The van der Waals surface area contributed by atoms with E-state index in [2.05, 4.69) is 198 Å². The van der Waals surface area contributed by atoms with E-state index in [4.69, 9.17) is 23.0 Å². The Hall–Kier alpha value is -12.1. The van der Waals surface area contributed by atoms with Gasteiger partial charge in [0.2, 0.25) is 11.8 Å². The van der Waals surface area contributed by atoms with Crippen LogP contribution in [-0.4, -0.2) is 61.2 Å². The van der Waals surface area contributed by atoms with Crippen LogP contribution in [0.1, 0.15) is 50.1 Å². The Bertz CT molecular complexity index is 4940. The molecule has 0 fully saturated rings. The Morgan fingerprint density at radius 1 is 0.264 bits per heavy atom. The second-order valence-corrected chi connectivity index (χ2v) is 27.0. The maximum absolute atomic E-state index is 5.33. The van der Waals surface area contributed by atoms with Crippen LogP contribution in [0, 0.1) is 62.3 Å². The summed E-state index contributed by atoms with van der Waals surface area (Å²) in [6, 6.07) is 70.0. The number of methoxy groups -OCH3 is 3. The highest BCUT2D eigenvalue weighted by molar-refractivity contribution is 7.13. The molecular formula is C90H86N8O5S3. The van der Waals surface area contributed by atoms with Crippen molar-refractivity contribution in [2.45, 2.75) is 62.3 Å². The molecule has 0 aliphatic carbocycles. The molecule has 16 aromatic rings. The zero-order valence-electron chi connectivity index (χ0n) is 61.7. The van der Waals surface area contributed by atoms with Crippen molar-refractivity contribution in [1.82, 2.24) is 39.9 Å². The molecule has 8 aromatic carbocycles. The number of hydrogen-bond donors (Lipinski definition) is 0. The van der Waals surface area contributed by atoms with Crippen LogP contribution < -0.4 is 14.2 Å². The summed E-state index contributed by atoms with van der Waals surface area (Å²) in [6.07, 6.45) is 22.8. The van der Waals surface area contributed by atoms with Crippen LogP contribution in [0.25, 0.3) is 88.0 Å². The summed E-state index contributed by atoms with van der Waals surface area (Å²) in [5.41, 5.74) is 23.7. The van der Waals surface area contributed by atoms with Crippen LogP contribution in [0.3, 0.4) is 0 Å². The lowest BCUT2D eigenvalue weighted by molar-refractivity contribution is 0.414. The Kier molecular flexibility index (Phi) is 30.4. The Morgan fingerprint density at radius 3 is 1.12 bits per heavy atom. The van der Waals surface area contributed by atoms with Crippen molar-refractivity contribution in [2.75, 3.05) is 21.3 Å². The van der Waals surface area contributed by atoms with Crippen molar-refractivity contribution in [3.05, 3.63) is 353 Å². The van der Waals surface area contributed by atoms with Gasteiger partial charge in [0.05, 0.1) is 44.8 Å². The Morgan fingerprint density at radius 2 is 0.651 bits per heavy atom. The molecule has 0 saturated carbocycles. The molecule has 8 aromatic heterocycles. The maximum atomic E-state index is 5.33. The molecule has 0 amide bonds. The molecule has 0 radical (unpaired) electrons. The highest BCUT2D eigenvalue weighted by Gasteiger charge is 2.12. The molecule has 0 atom stereocenters. The van der Waals surface area contributed by atoms with Gasteiger partial charge in [-0.15, -0.1) is 34.0 Å². The van der Waals surface area contributed by atoms with Gasteiger partial charge in [-0.3, -0.25) is 15.0 Å². The number of benzene rings is 8. The van der Waals surface area contributed by atoms with E-state index in [1.807, 2.05) is 170 Å². The fourth-order valence-electron chi connectivity index (χ4n) is 10.6. The van der Waals surface area contributed by atoms with Crippen LogP contribution in [-0.2, 0) is 0 Å². The largest absolute Gasteiger partial charge is 0.496 e. The Balaban J connectivity index is 0.000000140. The SMILES string of the molecule is COc1ccc(C)cc1-c1cccnc1.COc1ccc(C)cc1-c1ncco1.COc1ccc(C)cc1-c1nccs1.Cc1ccc(C)c(-c2nccs2)c1.Cc1cccc(-c2cccnc2)c1.Cc1cccc(-c2ccncc2)c1.Cc1cccc(-c2ncco2)c1.Cc1cccc(-c2nccs2)c1. The number of aromatic nitrogens is 8. The van der Waals surface area contributed by atoms with Crippen molar-refractivity contribution >= 4 is 34.0 Å². The molecule has 8 heterocycles. The standard InChI is InChI=1S/C13H13NO.2C12H11N.C11H11NO2.C11H11NOS.C11H11NS.C10H9NO.C10H9NS/c1-10-5-6-13(15-2)12(8-10)11-4-3-7-14-9-11;1-10-4-2-5-11(8-10)12-6-3-7-13-9-12;1-10-3-2-4-12(9-10)11-5-7-13-8-6-11;2*1-8-3-4-10(13-2)9(7-8)11-12-5-6-14-11;1-8-3-4-9(2)10(7-8)11-12-5-6-13-11;2*1-8-3-2-4-9(7-8)10-11-5-6-12-10/h3-9H,1-2H3;2*2-9H,1H3;2*3-7H,1-2H3;3-7H,1-2H3;2*2-7H,1H3. The third-order valence-corrected chi connectivity index (χ3v) is 18.3. The summed E-state index contributed by atoms with van der Waals surface area (Å²) >= 11 is 4.98. The van der Waals surface area contributed by atoms with Gasteiger partial charge in [-0.2, -0.15) is 0 Å². The lowest BCUT2D eigenvalue weighted by Crippen LogP contribution is -1.89. The van der Waals surface area contributed by atoms with E-state index in [1.54, 1.807) is 92.7 Å². The lowest BCUT2D eigenvalue weighted by atomic mass is 10.0. The van der Waals surface area contributed by atoms with Gasteiger partial charge in [-0.1, -0.05) is 166 Å². The molecule has 534 valence electrons. The second kappa shape index (κ2) is 41.3. The number of pyridine rings is 3. The first-order valence-corrected chi connectivity index (χ1v) is 36.8. The minimum Gasteiger partial charge on any atom is -0.496 e. The van der Waals surface area contributed by atoms with Crippen molar-refractivity contribution in [2.24, 2.45) is 0 Å². The molecule has 0 aliphatic rings. The predicted octanol–water partition coefficient (Wildman–Crippen LogP) is 24.2. The number of oxazole rings is 2. The fourth-order valence-corrected chi connectivity index (χ4v) is 12.6. The molecule has 0 bridgehead atoms. The molecule has 13 nitrogen and oxygen atoms in total. The van der Waals surface area contributed by atoms with Gasteiger partial charge in [0, 0.05) is 99.7 Å². The predicted molar refractivity (Wildman–Crippen MR) is 438 cm³/mol. The van der Waals surface area contributed by atoms with Gasteiger partial charge < -0.3 is 23.0 Å². The van der Waals surface area contributed by atoms with E-state index in [9.17, 15) is 0 Å². The smallest absolute Gasteiger partial charge is 0.229 e. The first-order chi connectivity index (χ1) is 51.6. The molecule has 0 N–H and O–H groups in total. The first-order valence-electron chi connectivity index (χ1n) is 34.1. The highest BCUT2D eigenvalue weighted by atomic mass is 32.1. The van der Waals surface area contributed by atoms with Gasteiger partial charge in [0.15, 0.2) is 0 Å². The number of ether oxygens (including phenoxy) is 3. The summed E-state index contributed by atoms with van der Waals surface area (Å²) in [5.74, 6) is 3.81. The molecule has 0 unspecified atom stereocenters. The van der Waals surface area contributed by atoms with Crippen molar-refractivity contribution < 1.29 is 23.0 Å². The minimum atomic E-state index is 0.588. The van der Waals surface area contributed by atoms with Gasteiger partial charge in [0.25, 0.3) is 0 Å². The second-order valence-electron chi connectivity index (χ2n) is 24.3.